The lowest BCUT2D eigenvalue weighted by Crippen LogP contribution is -1.94. The van der Waals surface area contributed by atoms with Crippen molar-refractivity contribution in [3.63, 3.8) is 0 Å². The molecule has 3 aromatic rings. The van der Waals surface area contributed by atoms with E-state index >= 15 is 0 Å². The Hall–Kier alpha value is -2.09. The zero-order chi connectivity index (χ0) is 14.3. The number of nitriles is 1. The minimum absolute atomic E-state index is 0.544. The molecule has 0 aliphatic rings. The van der Waals surface area contributed by atoms with Gasteiger partial charge in [0, 0.05) is 10.7 Å². The first-order valence-corrected chi connectivity index (χ1v) is 6.81. The minimum Gasteiger partial charge on any atom is -0.329 e. The number of aryl methyl sites for hydroxylation is 1. The summed E-state index contributed by atoms with van der Waals surface area (Å²) < 4.78 is 2.43. The quantitative estimate of drug-likeness (QED) is 0.671. The second-order valence-corrected chi connectivity index (χ2v) is 5.30. The highest BCUT2D eigenvalue weighted by Crippen LogP contribution is 2.25. The first kappa shape index (κ1) is 12.9. The Balaban J connectivity index is 2.37. The van der Waals surface area contributed by atoms with Crippen LogP contribution in [0.15, 0.2) is 36.4 Å². The Morgan fingerprint density at radius 3 is 2.80 bits per heavy atom. The molecule has 3 nitrogen and oxygen atoms in total. The predicted molar refractivity (Wildman–Crippen MR) is 82.9 cm³/mol. The Morgan fingerprint density at radius 2 is 2.10 bits per heavy atom. The molecule has 0 amide bonds. The van der Waals surface area contributed by atoms with Gasteiger partial charge in [0.05, 0.1) is 16.6 Å². The van der Waals surface area contributed by atoms with E-state index in [0.717, 1.165) is 22.3 Å². The third-order valence-electron chi connectivity index (χ3n) is 3.25. The Bertz CT molecular complexity index is 915. The van der Waals surface area contributed by atoms with E-state index in [1.54, 1.807) is 6.07 Å². The number of nitrogens with one attached hydrogen (secondary N) is 1. The summed E-state index contributed by atoms with van der Waals surface area (Å²) >= 11 is 11.6. The number of para-hydroxylation sites is 1. The van der Waals surface area contributed by atoms with Crippen LogP contribution in [0.1, 0.15) is 11.1 Å². The number of hydrogen-bond donors (Lipinski definition) is 1. The fraction of sp³-hybridized carbons (Fsp3) is 0.0667. The molecule has 0 radical (unpaired) electrons. The number of halogens is 1. The van der Waals surface area contributed by atoms with Gasteiger partial charge in [0.2, 0.25) is 0 Å². The van der Waals surface area contributed by atoms with Crippen LogP contribution in [0.3, 0.4) is 0 Å². The SMILES string of the molecule is Cc1ccc(-n2c(=S)[nH]c3c(C#N)cccc32)cc1Cl. The van der Waals surface area contributed by atoms with Crippen molar-refractivity contribution in [1.29, 1.82) is 5.26 Å². The fourth-order valence-corrected chi connectivity index (χ4v) is 2.68. The molecule has 3 rings (SSSR count). The number of aromatic nitrogens is 2. The van der Waals surface area contributed by atoms with Crippen LogP contribution in [-0.4, -0.2) is 9.55 Å². The van der Waals surface area contributed by atoms with Crippen LogP contribution in [-0.2, 0) is 0 Å². The van der Waals surface area contributed by atoms with Gasteiger partial charge in [-0.3, -0.25) is 4.57 Å². The highest BCUT2D eigenvalue weighted by atomic mass is 35.5. The van der Waals surface area contributed by atoms with Gasteiger partial charge in [-0.1, -0.05) is 23.7 Å². The van der Waals surface area contributed by atoms with Crippen molar-refractivity contribution >= 4 is 34.9 Å². The molecule has 2 aromatic carbocycles. The molecule has 0 spiro atoms. The van der Waals surface area contributed by atoms with Crippen LogP contribution in [0.2, 0.25) is 5.02 Å². The van der Waals surface area contributed by atoms with Gasteiger partial charge in [0.15, 0.2) is 4.77 Å². The molecular formula is C15H10ClN3S. The lowest BCUT2D eigenvalue weighted by atomic mass is 10.2. The normalized spacial score (nSPS) is 10.7. The molecule has 0 saturated carbocycles. The Morgan fingerprint density at radius 1 is 1.30 bits per heavy atom. The van der Waals surface area contributed by atoms with Crippen molar-refractivity contribution < 1.29 is 0 Å². The van der Waals surface area contributed by atoms with Crippen LogP contribution in [0.5, 0.6) is 0 Å². The van der Waals surface area contributed by atoms with E-state index < -0.39 is 0 Å². The second kappa shape index (κ2) is 4.78. The van der Waals surface area contributed by atoms with E-state index in [0.29, 0.717) is 15.4 Å². The second-order valence-electron chi connectivity index (χ2n) is 4.51. The third kappa shape index (κ3) is 1.92. The number of hydrogen-bond acceptors (Lipinski definition) is 2. The molecule has 1 heterocycles. The first-order chi connectivity index (χ1) is 9.61. The molecule has 20 heavy (non-hydrogen) atoms. The summed E-state index contributed by atoms with van der Waals surface area (Å²) in [5.74, 6) is 0. The third-order valence-corrected chi connectivity index (χ3v) is 3.94. The van der Waals surface area contributed by atoms with Gasteiger partial charge in [0.25, 0.3) is 0 Å². The van der Waals surface area contributed by atoms with E-state index in [1.165, 1.54) is 0 Å². The summed E-state index contributed by atoms with van der Waals surface area (Å²) in [6.07, 6.45) is 0. The predicted octanol–water partition coefficient (Wildman–Crippen LogP) is 4.52. The molecule has 0 atom stereocenters. The molecule has 98 valence electrons. The number of aromatic amines is 1. The maximum atomic E-state index is 9.15. The lowest BCUT2D eigenvalue weighted by Gasteiger charge is -2.06. The smallest absolute Gasteiger partial charge is 0.182 e. The number of fused-ring (bicyclic) bond motifs is 1. The minimum atomic E-state index is 0.544. The van der Waals surface area contributed by atoms with Crippen LogP contribution in [0.4, 0.5) is 0 Å². The van der Waals surface area contributed by atoms with Crippen molar-refractivity contribution in [1.82, 2.24) is 9.55 Å². The van der Waals surface area contributed by atoms with Gasteiger partial charge in [0.1, 0.15) is 6.07 Å². The molecular weight excluding hydrogens is 290 g/mol. The number of benzene rings is 2. The van der Waals surface area contributed by atoms with Crippen molar-refractivity contribution in [2.24, 2.45) is 0 Å². The van der Waals surface area contributed by atoms with Gasteiger partial charge in [-0.05, 0) is 49.0 Å². The highest BCUT2D eigenvalue weighted by molar-refractivity contribution is 7.71. The number of H-pyrrole nitrogens is 1. The fourth-order valence-electron chi connectivity index (χ4n) is 2.20. The number of nitrogens with zero attached hydrogens (tertiary/aromatic N) is 2. The van der Waals surface area contributed by atoms with Crippen LogP contribution >= 0.6 is 23.8 Å². The van der Waals surface area contributed by atoms with Crippen LogP contribution < -0.4 is 0 Å². The summed E-state index contributed by atoms with van der Waals surface area (Å²) in [5, 5.41) is 9.84. The first-order valence-electron chi connectivity index (χ1n) is 6.02. The molecule has 0 bridgehead atoms. The average molecular weight is 300 g/mol. The summed E-state index contributed by atoms with van der Waals surface area (Å²) in [7, 11) is 0. The van der Waals surface area contributed by atoms with E-state index in [4.69, 9.17) is 29.1 Å². The number of rotatable bonds is 1. The molecule has 0 aliphatic carbocycles. The van der Waals surface area contributed by atoms with Gasteiger partial charge in [-0.15, -0.1) is 0 Å². The molecule has 0 aliphatic heterocycles. The van der Waals surface area contributed by atoms with Crippen molar-refractivity contribution in [2.75, 3.05) is 0 Å². The molecule has 1 N–H and O–H groups in total. The van der Waals surface area contributed by atoms with Crippen molar-refractivity contribution in [2.45, 2.75) is 6.92 Å². The highest BCUT2D eigenvalue weighted by Gasteiger charge is 2.10. The Kier molecular flexibility index (Phi) is 3.09. The topological polar surface area (TPSA) is 44.5 Å². The largest absolute Gasteiger partial charge is 0.329 e. The maximum Gasteiger partial charge on any atom is 0.182 e. The van der Waals surface area contributed by atoms with Crippen LogP contribution in [0, 0.1) is 23.0 Å². The summed E-state index contributed by atoms with van der Waals surface area (Å²) in [4.78, 5) is 3.09. The zero-order valence-corrected chi connectivity index (χ0v) is 12.2. The molecule has 0 unspecified atom stereocenters. The molecule has 0 saturated heterocycles. The van der Waals surface area contributed by atoms with Gasteiger partial charge in [-0.2, -0.15) is 5.26 Å². The molecule has 0 fully saturated rings. The van der Waals surface area contributed by atoms with E-state index in [1.807, 2.05) is 41.8 Å². The number of imidazole rings is 1. The molecule has 5 heteroatoms. The summed E-state index contributed by atoms with van der Waals surface area (Å²) in [5.41, 5.74) is 4.09. The van der Waals surface area contributed by atoms with E-state index in [2.05, 4.69) is 11.1 Å². The van der Waals surface area contributed by atoms with Gasteiger partial charge < -0.3 is 4.98 Å². The molecule has 1 aromatic heterocycles. The monoisotopic (exact) mass is 299 g/mol. The van der Waals surface area contributed by atoms with Crippen molar-refractivity contribution in [3.8, 4) is 11.8 Å². The van der Waals surface area contributed by atoms with E-state index in [9.17, 15) is 0 Å². The summed E-state index contributed by atoms with van der Waals surface area (Å²) in [6.45, 7) is 1.95. The van der Waals surface area contributed by atoms with Gasteiger partial charge in [-0.25, -0.2) is 0 Å². The Labute approximate surface area is 126 Å². The standard InChI is InChI=1S/C15H10ClN3S/c1-9-5-6-11(7-12(9)16)19-13-4-2-3-10(8-17)14(13)18-15(19)20/h2-7H,1H3,(H,18,20). The van der Waals surface area contributed by atoms with Gasteiger partial charge >= 0.3 is 0 Å². The van der Waals surface area contributed by atoms with E-state index in [-0.39, 0.29) is 0 Å². The van der Waals surface area contributed by atoms with Crippen LogP contribution in [0.25, 0.3) is 16.7 Å². The van der Waals surface area contributed by atoms with Crippen molar-refractivity contribution in [3.05, 3.63) is 57.3 Å². The average Bonchev–Trinajstić information content (AvgIpc) is 2.78. The summed E-state index contributed by atoms with van der Waals surface area (Å²) in [6, 6.07) is 13.5. The zero-order valence-electron chi connectivity index (χ0n) is 10.6. The lowest BCUT2D eigenvalue weighted by molar-refractivity contribution is 1.06. The maximum absolute atomic E-state index is 9.15.